The molecule has 1 aliphatic heterocycles. The van der Waals surface area contributed by atoms with E-state index in [4.69, 9.17) is 10.6 Å². The van der Waals surface area contributed by atoms with E-state index in [9.17, 15) is 0 Å². The molecular formula is C13H13IN2OS. The molecule has 1 aromatic carbocycles. The zero-order valence-electron chi connectivity index (χ0n) is 9.65. The second-order valence-corrected chi connectivity index (χ2v) is 7.02. The maximum Gasteiger partial charge on any atom is 0.127 e. The van der Waals surface area contributed by atoms with Gasteiger partial charge in [-0.3, -0.25) is 5.84 Å². The molecule has 5 heteroatoms. The Morgan fingerprint density at radius 1 is 1.44 bits per heavy atom. The molecule has 1 atom stereocenters. The van der Waals surface area contributed by atoms with Crippen molar-refractivity contribution >= 4 is 33.9 Å². The molecule has 0 bridgehead atoms. The summed E-state index contributed by atoms with van der Waals surface area (Å²) < 4.78 is 7.01. The van der Waals surface area contributed by atoms with Crippen LogP contribution in [0.1, 0.15) is 22.7 Å². The fraction of sp³-hybridized carbons (Fsp3) is 0.231. The monoisotopic (exact) mass is 372 g/mol. The van der Waals surface area contributed by atoms with E-state index in [1.54, 1.807) is 11.3 Å². The van der Waals surface area contributed by atoms with E-state index in [0.717, 1.165) is 24.3 Å². The molecule has 0 saturated carbocycles. The van der Waals surface area contributed by atoms with Gasteiger partial charge < -0.3 is 4.74 Å². The van der Waals surface area contributed by atoms with Gasteiger partial charge in [0.25, 0.3) is 0 Å². The SMILES string of the molecule is NNC(c1csc(I)c1)c1cccc2c1OCC2. The van der Waals surface area contributed by atoms with Crippen molar-refractivity contribution in [2.45, 2.75) is 12.5 Å². The van der Waals surface area contributed by atoms with Crippen LogP contribution in [0.2, 0.25) is 0 Å². The highest BCUT2D eigenvalue weighted by atomic mass is 127. The topological polar surface area (TPSA) is 47.3 Å². The lowest BCUT2D eigenvalue weighted by Crippen LogP contribution is -2.28. The van der Waals surface area contributed by atoms with Gasteiger partial charge >= 0.3 is 0 Å². The van der Waals surface area contributed by atoms with Crippen LogP contribution in [0.3, 0.4) is 0 Å². The number of nitrogens with two attached hydrogens (primary N) is 1. The minimum Gasteiger partial charge on any atom is -0.493 e. The van der Waals surface area contributed by atoms with Gasteiger partial charge in [0, 0.05) is 12.0 Å². The van der Waals surface area contributed by atoms with Gasteiger partial charge in [0.05, 0.1) is 15.5 Å². The summed E-state index contributed by atoms with van der Waals surface area (Å²) in [6.45, 7) is 0.769. The predicted molar refractivity (Wildman–Crippen MR) is 81.8 cm³/mol. The average Bonchev–Trinajstić information content (AvgIpc) is 2.99. The number of hydrazine groups is 1. The van der Waals surface area contributed by atoms with Gasteiger partial charge in [-0.15, -0.1) is 11.3 Å². The quantitative estimate of drug-likeness (QED) is 0.495. The van der Waals surface area contributed by atoms with Gasteiger partial charge in [-0.25, -0.2) is 5.43 Å². The summed E-state index contributed by atoms with van der Waals surface area (Å²) in [7, 11) is 0. The summed E-state index contributed by atoms with van der Waals surface area (Å²) in [4.78, 5) is 0. The minimum absolute atomic E-state index is 0.00202. The maximum atomic E-state index is 5.75. The minimum atomic E-state index is -0.00202. The van der Waals surface area contributed by atoms with Crippen LogP contribution in [0.5, 0.6) is 5.75 Å². The predicted octanol–water partition coefficient (Wildman–Crippen LogP) is 2.84. The standard InChI is InChI=1S/C13H13IN2OS/c14-11-6-9(7-18-11)12(16-15)10-3-1-2-8-4-5-17-13(8)10/h1-3,6-7,12,16H,4-5,15H2. The summed E-state index contributed by atoms with van der Waals surface area (Å²) in [6, 6.07) is 8.43. The van der Waals surface area contributed by atoms with E-state index in [0.29, 0.717) is 0 Å². The van der Waals surface area contributed by atoms with E-state index in [2.05, 4.69) is 57.7 Å². The number of hydrogen-bond donors (Lipinski definition) is 2. The highest BCUT2D eigenvalue weighted by Gasteiger charge is 2.23. The Kier molecular flexibility index (Phi) is 3.56. The molecule has 3 nitrogen and oxygen atoms in total. The van der Waals surface area contributed by atoms with Gasteiger partial charge in [0.15, 0.2) is 0 Å². The van der Waals surface area contributed by atoms with Crippen molar-refractivity contribution in [3.05, 3.63) is 49.2 Å². The molecule has 1 aromatic heterocycles. The van der Waals surface area contributed by atoms with Crippen LogP contribution in [0.25, 0.3) is 0 Å². The summed E-state index contributed by atoms with van der Waals surface area (Å²) in [6.07, 6.45) is 0.988. The molecule has 94 valence electrons. The molecule has 0 saturated heterocycles. The van der Waals surface area contributed by atoms with Gasteiger partial charge in [0.2, 0.25) is 0 Å². The average molecular weight is 372 g/mol. The lowest BCUT2D eigenvalue weighted by Gasteiger charge is -2.18. The van der Waals surface area contributed by atoms with Crippen molar-refractivity contribution in [1.29, 1.82) is 0 Å². The Hall–Kier alpha value is -0.630. The summed E-state index contributed by atoms with van der Waals surface area (Å²) in [5, 5.41) is 2.14. The number of hydrogen-bond acceptors (Lipinski definition) is 4. The fourth-order valence-electron chi connectivity index (χ4n) is 2.31. The number of fused-ring (bicyclic) bond motifs is 1. The van der Waals surface area contributed by atoms with Crippen molar-refractivity contribution in [1.82, 2.24) is 5.43 Å². The Bertz CT molecular complexity index is 570. The van der Waals surface area contributed by atoms with Gasteiger partial charge in [0.1, 0.15) is 5.75 Å². The Balaban J connectivity index is 2.05. The van der Waals surface area contributed by atoms with Crippen molar-refractivity contribution < 1.29 is 4.74 Å². The van der Waals surface area contributed by atoms with Crippen LogP contribution >= 0.6 is 33.9 Å². The largest absolute Gasteiger partial charge is 0.493 e. The number of thiophene rings is 1. The lowest BCUT2D eigenvalue weighted by molar-refractivity contribution is 0.350. The highest BCUT2D eigenvalue weighted by Crippen LogP contribution is 2.37. The summed E-state index contributed by atoms with van der Waals surface area (Å²) >= 11 is 4.05. The van der Waals surface area contributed by atoms with E-state index in [1.807, 2.05) is 0 Å². The molecule has 0 amide bonds. The fourth-order valence-corrected chi connectivity index (χ4v) is 3.71. The number of para-hydroxylation sites is 1. The maximum absolute atomic E-state index is 5.75. The van der Waals surface area contributed by atoms with Crippen molar-refractivity contribution in [2.75, 3.05) is 6.61 Å². The van der Waals surface area contributed by atoms with Crippen molar-refractivity contribution in [3.63, 3.8) is 0 Å². The van der Waals surface area contributed by atoms with E-state index >= 15 is 0 Å². The van der Waals surface area contributed by atoms with E-state index in [1.165, 1.54) is 14.0 Å². The first kappa shape index (κ1) is 12.4. The van der Waals surface area contributed by atoms with Gasteiger partial charge in [-0.2, -0.15) is 0 Å². The molecule has 2 aromatic rings. The normalized spacial score (nSPS) is 15.2. The van der Waals surface area contributed by atoms with E-state index in [-0.39, 0.29) is 6.04 Å². The van der Waals surface area contributed by atoms with Gasteiger partial charge in [-0.1, -0.05) is 18.2 Å². The second-order valence-electron chi connectivity index (χ2n) is 4.22. The van der Waals surface area contributed by atoms with Crippen LogP contribution < -0.4 is 16.0 Å². The number of rotatable bonds is 3. The first-order valence-corrected chi connectivity index (χ1v) is 7.70. The molecule has 3 rings (SSSR count). The summed E-state index contributed by atoms with van der Waals surface area (Å²) in [5.41, 5.74) is 6.49. The number of benzene rings is 1. The van der Waals surface area contributed by atoms with Gasteiger partial charge in [-0.05, 0) is 45.2 Å². The third kappa shape index (κ3) is 2.16. The molecule has 3 N–H and O–H groups in total. The third-order valence-corrected chi connectivity index (χ3v) is 4.95. The number of halogens is 1. The molecule has 0 fully saturated rings. The van der Waals surface area contributed by atoms with Crippen LogP contribution in [-0.4, -0.2) is 6.61 Å². The Morgan fingerprint density at radius 2 is 2.33 bits per heavy atom. The lowest BCUT2D eigenvalue weighted by atomic mass is 9.98. The Morgan fingerprint density at radius 3 is 3.06 bits per heavy atom. The first-order chi connectivity index (χ1) is 8.79. The highest BCUT2D eigenvalue weighted by molar-refractivity contribution is 14.1. The second kappa shape index (κ2) is 5.16. The van der Waals surface area contributed by atoms with E-state index < -0.39 is 0 Å². The van der Waals surface area contributed by atoms with Crippen molar-refractivity contribution in [2.24, 2.45) is 5.84 Å². The van der Waals surface area contributed by atoms with Crippen LogP contribution in [0.4, 0.5) is 0 Å². The third-order valence-electron chi connectivity index (χ3n) is 3.14. The molecule has 18 heavy (non-hydrogen) atoms. The van der Waals surface area contributed by atoms with Crippen LogP contribution in [-0.2, 0) is 6.42 Å². The molecule has 0 radical (unpaired) electrons. The number of nitrogens with one attached hydrogen (secondary N) is 1. The summed E-state index contributed by atoms with van der Waals surface area (Å²) in [5.74, 6) is 6.74. The first-order valence-electron chi connectivity index (χ1n) is 5.74. The molecule has 0 aliphatic carbocycles. The van der Waals surface area contributed by atoms with Crippen LogP contribution in [0, 0.1) is 2.88 Å². The molecule has 2 heterocycles. The van der Waals surface area contributed by atoms with Crippen molar-refractivity contribution in [3.8, 4) is 5.75 Å². The number of ether oxygens (including phenoxy) is 1. The molecule has 1 aliphatic rings. The zero-order chi connectivity index (χ0) is 12.5. The Labute approximate surface area is 123 Å². The molecule has 1 unspecified atom stereocenters. The molecular weight excluding hydrogens is 359 g/mol. The van der Waals surface area contributed by atoms with Crippen LogP contribution in [0.15, 0.2) is 29.6 Å². The molecule has 0 spiro atoms. The smallest absolute Gasteiger partial charge is 0.127 e. The zero-order valence-corrected chi connectivity index (χ0v) is 12.6.